The molecule has 7 nitrogen and oxygen atoms in total. The third-order valence-electron chi connectivity index (χ3n) is 3.15. The minimum Gasteiger partial charge on any atom is -0.378 e. The Labute approximate surface area is 123 Å². The lowest BCUT2D eigenvalue weighted by Gasteiger charge is -2.30. The Morgan fingerprint density at radius 3 is 2.48 bits per heavy atom. The van der Waals surface area contributed by atoms with Gasteiger partial charge in [0.25, 0.3) is 0 Å². The molecule has 1 aliphatic rings. The Kier molecular flexibility index (Phi) is 5.13. The van der Waals surface area contributed by atoms with E-state index in [-0.39, 0.29) is 11.9 Å². The molecule has 1 saturated heterocycles. The van der Waals surface area contributed by atoms with Gasteiger partial charge in [-0.2, -0.15) is 0 Å². The normalized spacial score (nSPS) is 14.7. The van der Waals surface area contributed by atoms with Gasteiger partial charge in [-0.3, -0.25) is 9.80 Å². The third kappa shape index (κ3) is 4.44. The van der Waals surface area contributed by atoms with E-state index in [1.807, 2.05) is 12.1 Å². The van der Waals surface area contributed by atoms with Gasteiger partial charge in [0, 0.05) is 25.7 Å². The molecule has 0 aliphatic carbocycles. The molecule has 1 fully saturated rings. The van der Waals surface area contributed by atoms with Crippen LogP contribution in [0.15, 0.2) is 24.3 Å². The first kappa shape index (κ1) is 15.3. The zero-order chi connectivity index (χ0) is 15.2. The second-order valence-corrected chi connectivity index (χ2v) is 4.89. The monoisotopic (exact) mass is 292 g/mol. The highest BCUT2D eigenvalue weighted by molar-refractivity contribution is 5.88. The van der Waals surface area contributed by atoms with E-state index in [4.69, 9.17) is 10.6 Å². The molecular weight excluding hydrogens is 272 g/mol. The molecule has 1 aromatic carbocycles. The maximum atomic E-state index is 12.1. The number of benzene rings is 1. The van der Waals surface area contributed by atoms with Crippen molar-refractivity contribution in [3.63, 3.8) is 0 Å². The van der Waals surface area contributed by atoms with E-state index < -0.39 is 0 Å². The number of rotatable bonds is 3. The van der Waals surface area contributed by atoms with Crippen LogP contribution >= 0.6 is 0 Å². The highest BCUT2D eigenvalue weighted by atomic mass is 16.5. The first-order valence-electron chi connectivity index (χ1n) is 6.81. The summed E-state index contributed by atoms with van der Waals surface area (Å²) >= 11 is 0. The molecule has 21 heavy (non-hydrogen) atoms. The summed E-state index contributed by atoms with van der Waals surface area (Å²) in [5.74, 6) is 5.71. The van der Waals surface area contributed by atoms with Gasteiger partial charge in [-0.1, -0.05) is 12.1 Å². The molecule has 114 valence electrons. The van der Waals surface area contributed by atoms with E-state index in [2.05, 4.69) is 5.32 Å². The number of hydrazine groups is 1. The van der Waals surface area contributed by atoms with Crippen molar-refractivity contribution in [2.24, 2.45) is 5.84 Å². The van der Waals surface area contributed by atoms with Crippen LogP contribution in [-0.2, 0) is 16.1 Å². The molecule has 0 radical (unpaired) electrons. The lowest BCUT2D eigenvalue weighted by molar-refractivity contribution is -0.114. The van der Waals surface area contributed by atoms with E-state index in [1.54, 1.807) is 17.0 Å². The van der Waals surface area contributed by atoms with E-state index in [0.29, 0.717) is 38.5 Å². The number of carbonyl (C=O) groups excluding carboxylic acids is 2. The lowest BCUT2D eigenvalue weighted by atomic mass is 10.2. The summed E-state index contributed by atoms with van der Waals surface area (Å²) in [6.07, 6.45) is 0. The van der Waals surface area contributed by atoms with Crippen LogP contribution in [0.2, 0.25) is 0 Å². The number of hydrogen-bond donors (Lipinski definition) is 2. The molecule has 2 rings (SSSR count). The van der Waals surface area contributed by atoms with Crippen molar-refractivity contribution in [3.8, 4) is 0 Å². The second-order valence-electron chi connectivity index (χ2n) is 4.89. The largest absolute Gasteiger partial charge is 0.378 e. The van der Waals surface area contributed by atoms with E-state index >= 15 is 0 Å². The Morgan fingerprint density at radius 2 is 1.90 bits per heavy atom. The maximum absolute atomic E-state index is 12.1. The Hall–Kier alpha value is -2.12. The van der Waals surface area contributed by atoms with Gasteiger partial charge in [-0.05, 0) is 17.7 Å². The van der Waals surface area contributed by atoms with Crippen molar-refractivity contribution in [1.82, 2.24) is 9.91 Å². The fourth-order valence-electron chi connectivity index (χ4n) is 2.10. The Bertz CT molecular complexity index is 497. The van der Waals surface area contributed by atoms with Gasteiger partial charge >= 0.3 is 6.03 Å². The average Bonchev–Trinajstić information content (AvgIpc) is 2.49. The van der Waals surface area contributed by atoms with Crippen LogP contribution in [0.4, 0.5) is 10.5 Å². The summed E-state index contributed by atoms with van der Waals surface area (Å²) in [5, 5.41) is 3.88. The highest BCUT2D eigenvalue weighted by Gasteiger charge is 2.20. The summed E-state index contributed by atoms with van der Waals surface area (Å²) in [4.78, 5) is 24.7. The third-order valence-corrected chi connectivity index (χ3v) is 3.15. The molecule has 1 aliphatic heterocycles. The SMILES string of the molecule is CC(=O)Nc1ccc(CN(N)C(=O)N2CCOCC2)cc1. The number of urea groups is 1. The van der Waals surface area contributed by atoms with Gasteiger partial charge in [0.1, 0.15) is 0 Å². The number of morpholine rings is 1. The van der Waals surface area contributed by atoms with Crippen molar-refractivity contribution in [1.29, 1.82) is 0 Å². The van der Waals surface area contributed by atoms with Crippen molar-refractivity contribution in [2.75, 3.05) is 31.6 Å². The molecule has 3 amide bonds. The lowest BCUT2D eigenvalue weighted by Crippen LogP contribution is -2.50. The molecule has 0 atom stereocenters. The smallest absolute Gasteiger partial charge is 0.334 e. The van der Waals surface area contributed by atoms with Gasteiger partial charge in [-0.15, -0.1) is 0 Å². The first-order valence-corrected chi connectivity index (χ1v) is 6.81. The predicted octanol–water partition coefficient (Wildman–Crippen LogP) is 0.773. The fourth-order valence-corrected chi connectivity index (χ4v) is 2.10. The van der Waals surface area contributed by atoms with Gasteiger partial charge in [-0.25, -0.2) is 10.6 Å². The molecule has 0 bridgehead atoms. The quantitative estimate of drug-likeness (QED) is 0.489. The van der Waals surface area contributed by atoms with Gasteiger partial charge < -0.3 is 15.0 Å². The van der Waals surface area contributed by atoms with Gasteiger partial charge in [0.2, 0.25) is 5.91 Å². The molecular formula is C14H20N4O3. The minimum absolute atomic E-state index is 0.120. The number of hydrogen-bond acceptors (Lipinski definition) is 4. The number of amides is 3. The summed E-state index contributed by atoms with van der Waals surface area (Å²) < 4.78 is 5.21. The van der Waals surface area contributed by atoms with Crippen molar-refractivity contribution in [3.05, 3.63) is 29.8 Å². The number of nitrogens with one attached hydrogen (secondary N) is 1. The molecule has 7 heteroatoms. The average molecular weight is 292 g/mol. The van der Waals surface area contributed by atoms with Crippen LogP contribution < -0.4 is 11.2 Å². The predicted molar refractivity (Wildman–Crippen MR) is 78.3 cm³/mol. The topological polar surface area (TPSA) is 87.9 Å². The van der Waals surface area contributed by atoms with Gasteiger partial charge in [0.05, 0.1) is 19.8 Å². The van der Waals surface area contributed by atoms with Crippen LogP contribution in [0.3, 0.4) is 0 Å². The second kappa shape index (κ2) is 7.05. The first-order chi connectivity index (χ1) is 10.1. The summed E-state index contributed by atoms with van der Waals surface area (Å²) in [5.41, 5.74) is 1.61. The molecule has 3 N–H and O–H groups in total. The van der Waals surface area contributed by atoms with Crippen molar-refractivity contribution in [2.45, 2.75) is 13.5 Å². The highest BCUT2D eigenvalue weighted by Crippen LogP contribution is 2.11. The number of carbonyl (C=O) groups is 2. The van der Waals surface area contributed by atoms with E-state index in [1.165, 1.54) is 11.9 Å². The number of anilines is 1. The molecule has 1 heterocycles. The molecule has 0 unspecified atom stereocenters. The molecule has 0 saturated carbocycles. The minimum atomic E-state index is -0.204. The zero-order valence-electron chi connectivity index (χ0n) is 12.0. The summed E-state index contributed by atoms with van der Waals surface area (Å²) in [6, 6.07) is 7.02. The maximum Gasteiger partial charge on any atom is 0.334 e. The molecule has 0 spiro atoms. The van der Waals surface area contributed by atoms with Crippen LogP contribution in [-0.4, -0.2) is 48.2 Å². The van der Waals surface area contributed by atoms with E-state index in [9.17, 15) is 9.59 Å². The van der Waals surface area contributed by atoms with E-state index in [0.717, 1.165) is 5.56 Å². The summed E-state index contributed by atoms with van der Waals surface area (Å²) in [7, 11) is 0. The van der Waals surface area contributed by atoms with Gasteiger partial charge in [0.15, 0.2) is 0 Å². The standard InChI is InChI=1S/C14H20N4O3/c1-11(19)16-13-4-2-12(3-5-13)10-18(15)14(20)17-6-8-21-9-7-17/h2-5H,6-10,15H2,1H3,(H,16,19). The van der Waals surface area contributed by atoms with Crippen molar-refractivity contribution >= 4 is 17.6 Å². The number of ether oxygens (including phenoxy) is 1. The Morgan fingerprint density at radius 1 is 1.29 bits per heavy atom. The molecule has 0 aromatic heterocycles. The van der Waals surface area contributed by atoms with Crippen molar-refractivity contribution < 1.29 is 14.3 Å². The van der Waals surface area contributed by atoms with Crippen LogP contribution in [0, 0.1) is 0 Å². The van der Waals surface area contributed by atoms with Crippen LogP contribution in [0.1, 0.15) is 12.5 Å². The fraction of sp³-hybridized carbons (Fsp3) is 0.429. The Balaban J connectivity index is 1.90. The van der Waals surface area contributed by atoms with Crippen LogP contribution in [0.25, 0.3) is 0 Å². The summed E-state index contributed by atoms with van der Waals surface area (Å²) in [6.45, 7) is 3.99. The number of nitrogens with two attached hydrogens (primary N) is 1. The molecule has 1 aromatic rings. The van der Waals surface area contributed by atoms with Crippen LogP contribution in [0.5, 0.6) is 0 Å². The zero-order valence-corrected chi connectivity index (χ0v) is 12.0. The number of nitrogens with zero attached hydrogens (tertiary/aromatic N) is 2.